The van der Waals surface area contributed by atoms with Crippen LogP contribution in [-0.2, 0) is 0 Å². The highest BCUT2D eigenvalue weighted by atomic mass is 35.5. The lowest BCUT2D eigenvalue weighted by Crippen LogP contribution is -2.35. The van der Waals surface area contributed by atoms with E-state index < -0.39 is 0 Å². The van der Waals surface area contributed by atoms with E-state index in [0.29, 0.717) is 22.9 Å². The van der Waals surface area contributed by atoms with Crippen LogP contribution >= 0.6 is 11.6 Å². The second-order valence-corrected chi connectivity index (χ2v) is 5.18. The summed E-state index contributed by atoms with van der Waals surface area (Å²) in [6, 6.07) is 0.491. The van der Waals surface area contributed by atoms with E-state index in [4.69, 9.17) is 11.6 Å². The average Bonchev–Trinajstić information content (AvgIpc) is 2.28. The van der Waals surface area contributed by atoms with Gasteiger partial charge in [-0.25, -0.2) is 9.97 Å². The maximum Gasteiger partial charge on any atom is 0.222 e. The van der Waals surface area contributed by atoms with E-state index in [1.165, 1.54) is 19.3 Å². The molecule has 1 N–H and O–H groups in total. The number of hydrogen-bond acceptors (Lipinski definition) is 3. The van der Waals surface area contributed by atoms with Crippen LogP contribution in [0.4, 0.5) is 5.95 Å². The molecule has 1 aliphatic rings. The molecule has 1 aliphatic carbocycles. The largest absolute Gasteiger partial charge is 0.351 e. The molecule has 0 spiro atoms. The van der Waals surface area contributed by atoms with Crippen molar-refractivity contribution in [1.29, 1.82) is 0 Å². The molecule has 0 bridgehead atoms. The lowest BCUT2D eigenvalue weighted by molar-refractivity contribution is 0.252. The van der Waals surface area contributed by atoms with Crippen LogP contribution in [0.15, 0.2) is 12.4 Å². The number of anilines is 1. The second-order valence-electron chi connectivity index (χ2n) is 4.74. The maximum absolute atomic E-state index is 5.75. The van der Waals surface area contributed by atoms with E-state index in [1.807, 2.05) is 0 Å². The maximum atomic E-state index is 5.75. The Morgan fingerprint density at radius 2 is 1.94 bits per heavy atom. The minimum Gasteiger partial charge on any atom is -0.351 e. The van der Waals surface area contributed by atoms with Crippen LogP contribution in [-0.4, -0.2) is 16.0 Å². The molecule has 0 radical (unpaired) electrons. The third kappa shape index (κ3) is 2.64. The van der Waals surface area contributed by atoms with Crippen LogP contribution in [0.5, 0.6) is 0 Å². The van der Waals surface area contributed by atoms with Gasteiger partial charge < -0.3 is 5.32 Å². The Balaban J connectivity index is 2.00. The van der Waals surface area contributed by atoms with Crippen LogP contribution in [0, 0.1) is 11.8 Å². The molecule has 0 aromatic carbocycles. The number of rotatable bonds is 2. The van der Waals surface area contributed by atoms with Crippen LogP contribution < -0.4 is 5.32 Å². The van der Waals surface area contributed by atoms with Crippen molar-refractivity contribution >= 4 is 17.5 Å². The van der Waals surface area contributed by atoms with E-state index in [0.717, 1.165) is 5.92 Å². The standard InChI is InChI=1S/C12H18ClN3/c1-8-4-3-5-11(9(8)2)16-12-14-6-10(13)7-15-12/h6-9,11H,3-5H2,1-2H3,(H,14,15,16). The second kappa shape index (κ2) is 5.00. The Labute approximate surface area is 102 Å². The van der Waals surface area contributed by atoms with Crippen molar-refractivity contribution in [1.82, 2.24) is 9.97 Å². The van der Waals surface area contributed by atoms with Gasteiger partial charge in [-0.05, 0) is 18.3 Å². The van der Waals surface area contributed by atoms with E-state index in [-0.39, 0.29) is 0 Å². The van der Waals surface area contributed by atoms with Gasteiger partial charge in [0.25, 0.3) is 0 Å². The van der Waals surface area contributed by atoms with Crippen molar-refractivity contribution in [3.63, 3.8) is 0 Å². The van der Waals surface area contributed by atoms with Gasteiger partial charge in [0.05, 0.1) is 17.4 Å². The third-order valence-corrected chi connectivity index (χ3v) is 3.84. The van der Waals surface area contributed by atoms with Crippen LogP contribution in [0.3, 0.4) is 0 Å². The first-order chi connectivity index (χ1) is 7.66. The zero-order valence-electron chi connectivity index (χ0n) is 9.78. The Bertz CT molecular complexity index is 339. The quantitative estimate of drug-likeness (QED) is 0.860. The molecular weight excluding hydrogens is 222 g/mol. The molecule has 3 atom stereocenters. The van der Waals surface area contributed by atoms with Crippen LogP contribution in [0.2, 0.25) is 5.02 Å². The Kier molecular flexibility index (Phi) is 3.64. The van der Waals surface area contributed by atoms with Gasteiger partial charge in [-0.3, -0.25) is 0 Å². The molecule has 4 heteroatoms. The summed E-state index contributed by atoms with van der Waals surface area (Å²) < 4.78 is 0. The monoisotopic (exact) mass is 239 g/mol. The van der Waals surface area contributed by atoms with Gasteiger partial charge in [0.15, 0.2) is 0 Å². The lowest BCUT2D eigenvalue weighted by Gasteiger charge is -2.34. The number of aromatic nitrogens is 2. The summed E-state index contributed by atoms with van der Waals surface area (Å²) in [6.45, 7) is 4.62. The molecule has 3 unspecified atom stereocenters. The first-order valence-electron chi connectivity index (χ1n) is 5.91. The highest BCUT2D eigenvalue weighted by Gasteiger charge is 2.27. The summed E-state index contributed by atoms with van der Waals surface area (Å²) in [5.41, 5.74) is 0. The molecule has 16 heavy (non-hydrogen) atoms. The predicted molar refractivity (Wildman–Crippen MR) is 66.6 cm³/mol. The smallest absolute Gasteiger partial charge is 0.222 e. The molecule has 0 aliphatic heterocycles. The average molecular weight is 240 g/mol. The number of halogens is 1. The van der Waals surface area contributed by atoms with E-state index in [1.54, 1.807) is 12.4 Å². The van der Waals surface area contributed by atoms with Crippen molar-refractivity contribution in [3.8, 4) is 0 Å². The van der Waals surface area contributed by atoms with Gasteiger partial charge in [0.2, 0.25) is 5.95 Å². The molecule has 0 saturated heterocycles. The fraction of sp³-hybridized carbons (Fsp3) is 0.667. The highest BCUT2D eigenvalue weighted by molar-refractivity contribution is 6.30. The topological polar surface area (TPSA) is 37.8 Å². The summed E-state index contributed by atoms with van der Waals surface area (Å²) in [7, 11) is 0. The third-order valence-electron chi connectivity index (χ3n) is 3.64. The number of hydrogen-bond donors (Lipinski definition) is 1. The number of nitrogens with one attached hydrogen (secondary N) is 1. The van der Waals surface area contributed by atoms with Crippen molar-refractivity contribution in [2.45, 2.75) is 39.2 Å². The summed E-state index contributed by atoms with van der Waals surface area (Å²) in [6.07, 6.45) is 7.09. The van der Waals surface area contributed by atoms with Crippen molar-refractivity contribution < 1.29 is 0 Å². The van der Waals surface area contributed by atoms with E-state index in [9.17, 15) is 0 Å². The van der Waals surface area contributed by atoms with E-state index >= 15 is 0 Å². The predicted octanol–water partition coefficient (Wildman–Crippen LogP) is 3.37. The highest BCUT2D eigenvalue weighted by Crippen LogP contribution is 2.30. The summed E-state index contributed by atoms with van der Waals surface area (Å²) in [5.74, 6) is 2.14. The summed E-state index contributed by atoms with van der Waals surface area (Å²) in [5, 5.41) is 3.99. The van der Waals surface area contributed by atoms with Crippen LogP contribution in [0.25, 0.3) is 0 Å². The molecule has 1 heterocycles. The molecule has 1 aromatic rings. The molecule has 1 fully saturated rings. The van der Waals surface area contributed by atoms with Gasteiger partial charge in [-0.15, -0.1) is 0 Å². The van der Waals surface area contributed by atoms with Crippen LogP contribution in [0.1, 0.15) is 33.1 Å². The van der Waals surface area contributed by atoms with Gasteiger partial charge in [-0.2, -0.15) is 0 Å². The minimum atomic E-state index is 0.491. The van der Waals surface area contributed by atoms with Gasteiger partial charge in [0.1, 0.15) is 0 Å². The minimum absolute atomic E-state index is 0.491. The van der Waals surface area contributed by atoms with Gasteiger partial charge in [0, 0.05) is 6.04 Å². The number of nitrogens with zero attached hydrogens (tertiary/aromatic N) is 2. The Hall–Kier alpha value is -0.830. The summed E-state index contributed by atoms with van der Waals surface area (Å²) in [4.78, 5) is 8.36. The van der Waals surface area contributed by atoms with Crippen molar-refractivity contribution in [3.05, 3.63) is 17.4 Å². The molecule has 2 rings (SSSR count). The zero-order valence-corrected chi connectivity index (χ0v) is 10.5. The first-order valence-corrected chi connectivity index (χ1v) is 6.28. The van der Waals surface area contributed by atoms with Crippen molar-refractivity contribution in [2.24, 2.45) is 11.8 Å². The molecule has 0 amide bonds. The molecule has 1 aromatic heterocycles. The Morgan fingerprint density at radius 1 is 1.25 bits per heavy atom. The van der Waals surface area contributed by atoms with Gasteiger partial charge >= 0.3 is 0 Å². The van der Waals surface area contributed by atoms with Crippen molar-refractivity contribution in [2.75, 3.05) is 5.32 Å². The fourth-order valence-electron chi connectivity index (χ4n) is 2.34. The molecule has 88 valence electrons. The fourth-order valence-corrected chi connectivity index (χ4v) is 2.44. The summed E-state index contributed by atoms with van der Waals surface area (Å²) >= 11 is 5.75. The lowest BCUT2D eigenvalue weighted by atomic mass is 9.78. The van der Waals surface area contributed by atoms with Gasteiger partial charge in [-0.1, -0.05) is 38.3 Å². The molecular formula is C12H18ClN3. The first kappa shape index (κ1) is 11.6. The molecule has 3 nitrogen and oxygen atoms in total. The zero-order chi connectivity index (χ0) is 11.5. The Morgan fingerprint density at radius 3 is 2.62 bits per heavy atom. The molecule has 1 saturated carbocycles. The SMILES string of the molecule is CC1CCCC(Nc2ncc(Cl)cn2)C1C. The normalized spacial score (nSPS) is 30.1. The van der Waals surface area contributed by atoms with E-state index in [2.05, 4.69) is 29.1 Å².